The van der Waals surface area contributed by atoms with E-state index in [9.17, 15) is 9.18 Å². The second-order valence-electron chi connectivity index (χ2n) is 2.92. The van der Waals surface area contributed by atoms with Gasteiger partial charge in [-0.2, -0.15) is 0 Å². The summed E-state index contributed by atoms with van der Waals surface area (Å²) < 4.78 is 17.0. The molecular formula is C9H12FNO2. The summed E-state index contributed by atoms with van der Waals surface area (Å²) in [5.74, 6) is 0.250. The molecule has 1 aromatic rings. The molecule has 0 spiro atoms. The van der Waals surface area contributed by atoms with Crippen LogP contribution >= 0.6 is 0 Å². The van der Waals surface area contributed by atoms with Gasteiger partial charge in [0.05, 0.1) is 17.9 Å². The summed E-state index contributed by atoms with van der Waals surface area (Å²) in [7, 11) is 0. The molecule has 1 aromatic heterocycles. The number of aryl methyl sites for hydroxylation is 1. The van der Waals surface area contributed by atoms with E-state index in [1.807, 2.05) is 0 Å². The van der Waals surface area contributed by atoms with Crippen LogP contribution in [0.4, 0.5) is 4.39 Å². The standard InChI is InChI=1S/C9H12FNO2/c1-6(5-10)11-9(12)8-3-4-13-7(8)2/h3-4,6H,5H2,1-2H3,(H,11,12). The molecule has 1 rings (SSSR count). The highest BCUT2D eigenvalue weighted by atomic mass is 19.1. The Morgan fingerprint density at radius 1 is 1.77 bits per heavy atom. The van der Waals surface area contributed by atoms with Gasteiger partial charge in [0.25, 0.3) is 5.91 Å². The normalized spacial score (nSPS) is 12.5. The number of furan rings is 1. The topological polar surface area (TPSA) is 42.2 Å². The van der Waals surface area contributed by atoms with Gasteiger partial charge in [0, 0.05) is 0 Å². The first-order valence-corrected chi connectivity index (χ1v) is 4.06. The number of amides is 1. The van der Waals surface area contributed by atoms with Crippen molar-refractivity contribution in [1.82, 2.24) is 5.32 Å². The van der Waals surface area contributed by atoms with Gasteiger partial charge in [-0.25, -0.2) is 4.39 Å². The molecule has 1 N–H and O–H groups in total. The van der Waals surface area contributed by atoms with E-state index >= 15 is 0 Å². The number of carbonyl (C=O) groups is 1. The van der Waals surface area contributed by atoms with Crippen molar-refractivity contribution in [2.24, 2.45) is 0 Å². The predicted octanol–water partition coefficient (Wildman–Crippen LogP) is 1.68. The van der Waals surface area contributed by atoms with Crippen LogP contribution in [0.2, 0.25) is 0 Å². The van der Waals surface area contributed by atoms with Crippen LogP contribution in [0.1, 0.15) is 23.0 Å². The predicted molar refractivity (Wildman–Crippen MR) is 46.3 cm³/mol. The first kappa shape index (κ1) is 9.77. The van der Waals surface area contributed by atoms with E-state index in [0.29, 0.717) is 11.3 Å². The molecule has 1 amide bonds. The van der Waals surface area contributed by atoms with Crippen molar-refractivity contribution in [2.45, 2.75) is 19.9 Å². The molecule has 0 aromatic carbocycles. The highest BCUT2D eigenvalue weighted by Crippen LogP contribution is 2.08. The molecule has 1 unspecified atom stereocenters. The molecule has 4 heteroatoms. The van der Waals surface area contributed by atoms with Gasteiger partial charge in [0.1, 0.15) is 12.4 Å². The lowest BCUT2D eigenvalue weighted by atomic mass is 10.2. The van der Waals surface area contributed by atoms with Gasteiger partial charge in [-0.1, -0.05) is 0 Å². The van der Waals surface area contributed by atoms with E-state index in [2.05, 4.69) is 5.32 Å². The first-order chi connectivity index (χ1) is 6.15. The third kappa shape index (κ3) is 2.31. The van der Waals surface area contributed by atoms with Gasteiger partial charge in [-0.05, 0) is 19.9 Å². The van der Waals surface area contributed by atoms with Crippen LogP contribution in [0.3, 0.4) is 0 Å². The Labute approximate surface area is 75.9 Å². The van der Waals surface area contributed by atoms with Crippen LogP contribution in [0, 0.1) is 6.92 Å². The van der Waals surface area contributed by atoms with Gasteiger partial charge in [0.2, 0.25) is 0 Å². The lowest BCUT2D eigenvalue weighted by molar-refractivity contribution is 0.0932. The summed E-state index contributed by atoms with van der Waals surface area (Å²) in [5.41, 5.74) is 0.459. The summed E-state index contributed by atoms with van der Waals surface area (Å²) in [6, 6.07) is 1.11. The Hall–Kier alpha value is -1.32. The monoisotopic (exact) mass is 185 g/mol. The van der Waals surface area contributed by atoms with Crippen molar-refractivity contribution in [3.05, 3.63) is 23.7 Å². The molecule has 0 fully saturated rings. The Morgan fingerprint density at radius 2 is 2.46 bits per heavy atom. The van der Waals surface area contributed by atoms with E-state index in [1.54, 1.807) is 19.9 Å². The zero-order valence-corrected chi connectivity index (χ0v) is 7.63. The number of nitrogens with one attached hydrogen (secondary N) is 1. The third-order valence-corrected chi connectivity index (χ3v) is 1.71. The number of rotatable bonds is 3. The van der Waals surface area contributed by atoms with E-state index in [1.165, 1.54) is 6.26 Å². The van der Waals surface area contributed by atoms with Crippen molar-refractivity contribution in [3.63, 3.8) is 0 Å². The van der Waals surface area contributed by atoms with Crippen LogP contribution in [0.25, 0.3) is 0 Å². The highest BCUT2D eigenvalue weighted by molar-refractivity contribution is 5.95. The summed E-state index contributed by atoms with van der Waals surface area (Å²) in [6.07, 6.45) is 1.43. The van der Waals surface area contributed by atoms with Crippen LogP contribution in [-0.4, -0.2) is 18.6 Å². The Balaban J connectivity index is 2.64. The first-order valence-electron chi connectivity index (χ1n) is 4.06. The number of hydrogen-bond donors (Lipinski definition) is 1. The van der Waals surface area contributed by atoms with E-state index in [-0.39, 0.29) is 5.91 Å². The van der Waals surface area contributed by atoms with E-state index in [4.69, 9.17) is 4.42 Å². The van der Waals surface area contributed by atoms with Gasteiger partial charge < -0.3 is 9.73 Å². The fraction of sp³-hybridized carbons (Fsp3) is 0.444. The molecule has 0 saturated heterocycles. The fourth-order valence-corrected chi connectivity index (χ4v) is 0.961. The average molecular weight is 185 g/mol. The highest BCUT2D eigenvalue weighted by Gasteiger charge is 2.13. The molecule has 13 heavy (non-hydrogen) atoms. The lowest BCUT2D eigenvalue weighted by Gasteiger charge is -2.08. The number of carbonyl (C=O) groups excluding carboxylic acids is 1. The minimum Gasteiger partial charge on any atom is -0.469 e. The molecule has 0 aliphatic rings. The molecule has 0 aliphatic heterocycles. The molecule has 1 atom stereocenters. The average Bonchev–Trinajstić information content (AvgIpc) is 2.51. The largest absolute Gasteiger partial charge is 0.469 e. The minimum absolute atomic E-state index is 0.295. The van der Waals surface area contributed by atoms with E-state index in [0.717, 1.165) is 0 Å². The number of alkyl halides is 1. The van der Waals surface area contributed by atoms with Gasteiger partial charge in [-0.3, -0.25) is 4.79 Å². The maximum Gasteiger partial charge on any atom is 0.255 e. The van der Waals surface area contributed by atoms with Crippen molar-refractivity contribution in [1.29, 1.82) is 0 Å². The number of hydrogen-bond acceptors (Lipinski definition) is 2. The van der Waals surface area contributed by atoms with Crippen molar-refractivity contribution >= 4 is 5.91 Å². The van der Waals surface area contributed by atoms with Crippen molar-refractivity contribution in [3.8, 4) is 0 Å². The second-order valence-corrected chi connectivity index (χ2v) is 2.92. The summed E-state index contributed by atoms with van der Waals surface area (Å²) >= 11 is 0. The van der Waals surface area contributed by atoms with Crippen LogP contribution in [0.15, 0.2) is 16.7 Å². The fourth-order valence-electron chi connectivity index (χ4n) is 0.961. The zero-order chi connectivity index (χ0) is 9.84. The SMILES string of the molecule is Cc1occc1C(=O)NC(C)CF. The smallest absolute Gasteiger partial charge is 0.255 e. The lowest BCUT2D eigenvalue weighted by Crippen LogP contribution is -2.33. The van der Waals surface area contributed by atoms with Crippen LogP contribution in [-0.2, 0) is 0 Å². The maximum atomic E-state index is 12.1. The number of halogens is 1. The van der Waals surface area contributed by atoms with Crippen molar-refractivity contribution < 1.29 is 13.6 Å². The molecule has 1 heterocycles. The zero-order valence-electron chi connectivity index (χ0n) is 7.63. The van der Waals surface area contributed by atoms with E-state index < -0.39 is 12.7 Å². The summed E-state index contributed by atoms with van der Waals surface area (Å²) in [5, 5.41) is 2.50. The van der Waals surface area contributed by atoms with Crippen molar-refractivity contribution in [2.75, 3.05) is 6.67 Å². The Kier molecular flexibility index (Phi) is 3.06. The molecule has 0 bridgehead atoms. The van der Waals surface area contributed by atoms with Gasteiger partial charge in [0.15, 0.2) is 0 Å². The van der Waals surface area contributed by atoms with Gasteiger partial charge in [-0.15, -0.1) is 0 Å². The molecular weight excluding hydrogens is 173 g/mol. The van der Waals surface area contributed by atoms with Gasteiger partial charge >= 0.3 is 0 Å². The summed E-state index contributed by atoms with van der Waals surface area (Å²) in [4.78, 5) is 11.4. The molecule has 72 valence electrons. The molecule has 0 radical (unpaired) electrons. The quantitative estimate of drug-likeness (QED) is 0.778. The Bertz CT molecular complexity index is 296. The molecule has 0 saturated carbocycles. The summed E-state index contributed by atoms with van der Waals surface area (Å²) in [6.45, 7) is 2.73. The molecule has 0 aliphatic carbocycles. The second kappa shape index (κ2) is 4.07. The molecule has 3 nitrogen and oxygen atoms in total. The maximum absolute atomic E-state index is 12.1. The van der Waals surface area contributed by atoms with Crippen LogP contribution in [0.5, 0.6) is 0 Å². The van der Waals surface area contributed by atoms with Crippen LogP contribution < -0.4 is 5.32 Å². The third-order valence-electron chi connectivity index (χ3n) is 1.71. The Morgan fingerprint density at radius 3 is 2.92 bits per heavy atom. The minimum atomic E-state index is -0.567.